The van der Waals surface area contributed by atoms with Crippen molar-refractivity contribution in [3.8, 4) is 23.5 Å². The number of nitrogen functional groups attached to an aromatic ring is 1. The number of nitrogens with two attached hydrogens (primary N) is 2. The van der Waals surface area contributed by atoms with Gasteiger partial charge in [0.25, 0.3) is 9.05 Å². The Labute approximate surface area is 857 Å². The number of pyridine rings is 4. The number of halogens is 17. The molecule has 7 aromatic heterocycles. The molecule has 766 valence electrons. The Morgan fingerprint density at radius 2 is 0.838 bits per heavy atom. The highest BCUT2D eigenvalue weighted by Crippen LogP contribution is 2.40. The number of methoxy groups -OCH3 is 4. The van der Waals surface area contributed by atoms with Gasteiger partial charge in [-0.2, -0.15) is 13.8 Å². The molecule has 3 fully saturated rings. The van der Waals surface area contributed by atoms with Gasteiger partial charge in [0.15, 0.2) is 76.8 Å². The van der Waals surface area contributed by atoms with E-state index in [0.717, 1.165) is 78.2 Å². The number of nitrogens with zero attached hydrogens (tertiary/aromatic N) is 12. The zero-order valence-corrected chi connectivity index (χ0v) is 88.0. The van der Waals surface area contributed by atoms with Crippen LogP contribution in [0.4, 0.5) is 55.7 Å². The number of benzene rings is 3. The first kappa shape index (κ1) is 118. The van der Waals surface area contributed by atoms with Gasteiger partial charge < -0.3 is 54.8 Å². The van der Waals surface area contributed by atoms with Crippen LogP contribution in [0, 0.1) is 47.1 Å². The van der Waals surface area contributed by atoms with Gasteiger partial charge in [0, 0.05) is 99.8 Å². The van der Waals surface area contributed by atoms with Crippen LogP contribution in [0.3, 0.4) is 0 Å². The summed E-state index contributed by atoms with van der Waals surface area (Å²) in [7, 11) is 2.42. The van der Waals surface area contributed by atoms with Crippen LogP contribution in [0.1, 0.15) is 124 Å². The predicted molar refractivity (Wildman–Crippen MR) is 533 cm³/mol. The van der Waals surface area contributed by atoms with Gasteiger partial charge in [0.2, 0.25) is 29.5 Å². The molecule has 3 aromatic carbocycles. The molecule has 0 radical (unpaired) electrons. The van der Waals surface area contributed by atoms with Crippen LogP contribution >= 0.6 is 88.9 Å². The van der Waals surface area contributed by atoms with E-state index in [1.54, 1.807) is 86.2 Å². The zero-order valence-electron chi connectivity index (χ0n) is 77.8. The fraction of sp³-hybridized carbons (Fsp3) is 0.341. The fourth-order valence-corrected chi connectivity index (χ4v) is 21.2. The van der Waals surface area contributed by atoms with Crippen molar-refractivity contribution in [1.82, 2.24) is 59.6 Å². The number of hydrogen-bond donors (Lipinski definition) is 3. The first-order valence-corrected chi connectivity index (χ1v) is 52.6. The van der Waals surface area contributed by atoms with E-state index in [9.17, 15) is 77.6 Å². The molecule has 0 bridgehead atoms. The molecule has 2 unspecified atom stereocenters. The smallest absolute Gasteiger partial charge is 0.481 e. The highest BCUT2D eigenvalue weighted by atomic mass is 79.9. The molecule has 0 amide bonds. The van der Waals surface area contributed by atoms with Crippen LogP contribution in [-0.2, 0) is 65.1 Å². The molecule has 4 aliphatic rings. The van der Waals surface area contributed by atoms with Crippen LogP contribution in [0.2, 0.25) is 15.1 Å². The maximum Gasteiger partial charge on any atom is 0.487 e. The van der Waals surface area contributed by atoms with E-state index in [1.165, 1.54) is 90.0 Å². The molecule has 14 rings (SSSR count). The average molecular weight is 2290 g/mol. The Bertz CT molecular complexity index is 6680. The summed E-state index contributed by atoms with van der Waals surface area (Å²) in [5.41, 5.74) is 14.0. The van der Waals surface area contributed by atoms with Crippen LogP contribution in [0.15, 0.2) is 174 Å². The molecule has 10 aromatic rings. The third-order valence-electron chi connectivity index (χ3n) is 21.7. The Hall–Kier alpha value is -9.63. The minimum absolute atomic E-state index is 0.106. The van der Waals surface area contributed by atoms with Crippen LogP contribution in [-0.4, -0.2) is 205 Å². The number of rotatable bonds is 24. The standard InChI is InChI=1S/C27H30ClF2N5O3S.C19H13ClF3N3O3S.C13H11BrClF2NO3S.C12H16BFN2O2.C8H18N2.C6H7BrN2O.C6H2Cl2F2O2S/c1-35(2)21-10-8-19(9-11-21)34-27-31-14-17(15-32-27)4-5-18-6-7-20(33-26(18)38-3)16-39(36,37)23-13-12-22(29)25(30)24(23)28;1-29-18-12(3-2-11-8-24-19(23)25-9-11)4-5-13(26-18)10-30(27,28)15-7-6-14(21)17(22)16(15)20;1-21-13-8(14)3-2-7(18-13)6-22(19,20)10-5-4-9(16)12(17)11(10)15;1-11(2)12(3,4)18-13(17-11)6-5-9-7-15-10(14)16-8-9;1-10(2)8-5-3-7(9)4-6-8;1-10-6-4(7)2-3-5(8)9-6;7-5-4(13(8,11)12)2-1-3(9)6(5)10/h4-7,12-15,19,21H,8-11,16H2,1-3H3,(H,31,32,34);2-9H,10H2,1H3;2-5,9,12H,6H2,1H3;5-8H,1-4H3;7-8H,3-6,9H2,1-2H3;2-3H,1H3,(H2,8,9);1-2H/b5-4+;3-2+;;6-5+;;;. The Morgan fingerprint density at radius 3 is 1.24 bits per heavy atom. The summed E-state index contributed by atoms with van der Waals surface area (Å²) in [5.74, 6) is -5.79. The average Bonchev–Trinajstić information content (AvgIpc) is 1.63. The van der Waals surface area contributed by atoms with Gasteiger partial charge in [-0.3, -0.25) is 0 Å². The van der Waals surface area contributed by atoms with Gasteiger partial charge in [-0.05, 0) is 248 Å². The molecule has 1 aliphatic heterocycles. The summed E-state index contributed by atoms with van der Waals surface area (Å²) >= 11 is 28.7. The van der Waals surface area contributed by atoms with E-state index < -0.39 is 162 Å². The topological polar surface area (TPSA) is 391 Å². The van der Waals surface area contributed by atoms with Crippen LogP contribution in [0.25, 0.3) is 30.4 Å². The number of alkyl halides is 2. The van der Waals surface area contributed by atoms with Crippen molar-refractivity contribution in [3.63, 3.8) is 0 Å². The Kier molecular flexibility index (Phi) is 43.9. The van der Waals surface area contributed by atoms with E-state index in [4.69, 9.17) is 96.8 Å². The number of nitrogens with one attached hydrogen (secondary N) is 1. The second-order valence-electron chi connectivity index (χ2n) is 32.7. The second kappa shape index (κ2) is 52.9. The van der Waals surface area contributed by atoms with Crippen molar-refractivity contribution in [2.24, 2.45) is 5.73 Å². The summed E-state index contributed by atoms with van der Waals surface area (Å²) < 4.78 is 261. The number of ether oxygens (including phenoxy) is 4. The maximum absolute atomic E-state index is 13.8. The molecular formula is C91H97BBr2Cl5F10N15O14S4. The number of sulfone groups is 3. The molecule has 5 N–H and O–H groups in total. The van der Waals surface area contributed by atoms with Crippen molar-refractivity contribution in [3.05, 3.63) is 266 Å². The molecule has 2 atom stereocenters. The minimum atomic E-state index is -4.14. The first-order valence-electron chi connectivity index (χ1n) is 42.3. The number of aromatic nitrogens is 10. The predicted octanol–water partition coefficient (Wildman–Crippen LogP) is 19.9. The lowest BCUT2D eigenvalue weighted by molar-refractivity contribution is 0.00578. The zero-order chi connectivity index (χ0) is 105. The lowest BCUT2D eigenvalue weighted by Gasteiger charge is -2.32. The van der Waals surface area contributed by atoms with E-state index in [0.29, 0.717) is 74.6 Å². The van der Waals surface area contributed by atoms with Crippen molar-refractivity contribution in [1.29, 1.82) is 0 Å². The monoisotopic (exact) mass is 2290 g/mol. The van der Waals surface area contributed by atoms with Gasteiger partial charge in [-0.25, -0.2) is 114 Å². The minimum Gasteiger partial charge on any atom is -0.481 e. The lowest BCUT2D eigenvalue weighted by atomic mass is 9.89. The summed E-state index contributed by atoms with van der Waals surface area (Å²) in [5, 5.41) is 0.316. The number of allylic oxidation sites excluding steroid dienone is 3. The molecule has 8 heterocycles. The lowest BCUT2D eigenvalue weighted by Crippen LogP contribution is -2.41. The maximum atomic E-state index is 13.8. The summed E-state index contributed by atoms with van der Waals surface area (Å²) in [6.45, 7) is 7.95. The molecule has 1 saturated heterocycles. The van der Waals surface area contributed by atoms with E-state index >= 15 is 0 Å². The van der Waals surface area contributed by atoms with Crippen molar-refractivity contribution in [2.75, 3.05) is 67.7 Å². The van der Waals surface area contributed by atoms with Crippen molar-refractivity contribution < 1.29 is 106 Å². The summed E-state index contributed by atoms with van der Waals surface area (Å²) in [6, 6.07) is 19.7. The van der Waals surface area contributed by atoms with Gasteiger partial charge in [-0.1, -0.05) is 70.6 Å². The van der Waals surface area contributed by atoms with E-state index in [2.05, 4.69) is 125 Å². The van der Waals surface area contributed by atoms with Gasteiger partial charge in [0.1, 0.15) is 10.7 Å². The Morgan fingerprint density at radius 1 is 0.479 bits per heavy atom. The van der Waals surface area contributed by atoms with E-state index in [1.807, 2.05) is 27.7 Å². The normalized spacial score (nSPS) is 17.8. The molecule has 51 heteroatoms. The molecule has 0 spiro atoms. The third-order valence-corrected chi connectivity index (χ3v) is 31.3. The fourth-order valence-electron chi connectivity index (χ4n) is 13.3. The third kappa shape index (κ3) is 34.0. The number of anilines is 2. The highest BCUT2D eigenvalue weighted by molar-refractivity contribution is 9.11. The largest absolute Gasteiger partial charge is 0.487 e. The van der Waals surface area contributed by atoms with E-state index in [-0.39, 0.29) is 45.9 Å². The van der Waals surface area contributed by atoms with Gasteiger partial charge in [0.05, 0.1) is 118 Å². The molecular weight excluding hydrogens is 2190 g/mol. The highest BCUT2D eigenvalue weighted by Gasteiger charge is 2.50. The second-order valence-corrected chi connectivity index (χ2v) is 44.3. The Balaban J connectivity index is 0.000000214. The van der Waals surface area contributed by atoms with Gasteiger partial charge >= 0.3 is 19.3 Å². The van der Waals surface area contributed by atoms with Crippen molar-refractivity contribution >= 4 is 177 Å². The summed E-state index contributed by atoms with van der Waals surface area (Å²) in [6.07, 6.45) is 22.8. The first-order chi connectivity index (χ1) is 66.6. The van der Waals surface area contributed by atoms with Gasteiger partial charge in [-0.15, -0.1) is 0 Å². The molecule has 29 nitrogen and oxygen atoms in total. The molecule has 2 saturated carbocycles. The number of hydrogen-bond acceptors (Lipinski definition) is 29. The van der Waals surface area contributed by atoms with Crippen LogP contribution in [0.5, 0.6) is 23.5 Å². The summed E-state index contributed by atoms with van der Waals surface area (Å²) in [4.78, 5) is 41.5. The SMILES string of the molecule is CC1(C)OB(/C=C/c2cnc(F)nc2)OC1(C)C.CN(C)C1CCC(N)CC1.COc1nc(CS(=O)(=O)C2=C(Cl)C(F)C(F)C=C2)ccc1Br.COc1nc(CS(=O)(=O)c2ccc(F)c(F)c2Cl)ccc1/C=C/c1cnc(F)nc1.COc1nc(CS(=O)(=O)c2ccc(F)c(F)c2Cl)ccc1/C=C/c1cnc(NC2CCC(N(C)C)CC2)nc1.COc1nc(N)ccc1Br.O=S(=O)(Cl)c1ccc(F)c(F)c1Cl. The van der Waals surface area contributed by atoms with Crippen molar-refractivity contribution in [2.45, 2.75) is 159 Å². The van der Waals surface area contributed by atoms with Crippen LogP contribution < -0.4 is 35.7 Å². The molecule has 3 aliphatic carbocycles. The quantitative estimate of drug-likeness (QED) is 0.0126. The molecule has 142 heavy (non-hydrogen) atoms.